The van der Waals surface area contributed by atoms with E-state index in [9.17, 15) is 9.90 Å². The zero-order valence-electron chi connectivity index (χ0n) is 21.0. The van der Waals surface area contributed by atoms with Gasteiger partial charge < -0.3 is 14.6 Å². The first-order valence-corrected chi connectivity index (χ1v) is 12.5. The highest BCUT2D eigenvalue weighted by Crippen LogP contribution is 2.50. The summed E-state index contributed by atoms with van der Waals surface area (Å²) in [5.74, 6) is -0.0481. The normalized spacial score (nSPS) is 22.4. The largest absolute Gasteiger partial charge is 0.481 e. The van der Waals surface area contributed by atoms with Crippen molar-refractivity contribution in [1.29, 1.82) is 0 Å². The number of halogens is 1. The minimum Gasteiger partial charge on any atom is -0.481 e. The zero-order chi connectivity index (χ0) is 25.0. The lowest BCUT2D eigenvalue weighted by Crippen LogP contribution is -2.36. The van der Waals surface area contributed by atoms with Crippen molar-refractivity contribution in [3.63, 3.8) is 0 Å². The molecule has 0 bridgehead atoms. The van der Waals surface area contributed by atoms with Gasteiger partial charge in [-0.15, -0.1) is 0 Å². The van der Waals surface area contributed by atoms with Gasteiger partial charge in [-0.1, -0.05) is 61.7 Å². The predicted octanol–water partition coefficient (Wildman–Crippen LogP) is 7.72. The van der Waals surface area contributed by atoms with E-state index in [4.69, 9.17) is 21.1 Å². The van der Waals surface area contributed by atoms with Crippen molar-refractivity contribution in [2.45, 2.75) is 78.4 Å². The van der Waals surface area contributed by atoms with Gasteiger partial charge in [0.2, 0.25) is 0 Å². The standard InChI is InChI=1S/C29H37ClO4/c1-7-8-9-25-24(21-10-12-22(30)13-11-21)15-23(17(2)3)29(34-25)27-19(5)14-18(4)20(6)28(27)33-16-26(31)32/h10-14,23-25,29H,2,7-9,15-16H2,1,3-6H3,(H,31,32)/t23-,24-,25+,29+/m0/s1. The molecule has 4 nitrogen and oxygen atoms in total. The lowest BCUT2D eigenvalue weighted by Gasteiger charge is -2.44. The van der Waals surface area contributed by atoms with Gasteiger partial charge in [-0.2, -0.15) is 0 Å². The SMILES string of the molecule is C=C(C)[C@@H]1C[C@@H](c2ccc(Cl)cc2)[C@@H](CCCC)O[C@H]1c1c(C)cc(C)c(C)c1OCC(=O)O. The molecule has 4 atom stereocenters. The Balaban J connectivity index is 2.08. The molecule has 0 spiro atoms. The van der Waals surface area contributed by atoms with Crippen LogP contribution in [0.1, 0.15) is 79.4 Å². The molecule has 1 fully saturated rings. The van der Waals surface area contributed by atoms with E-state index in [0.717, 1.165) is 58.5 Å². The average Bonchev–Trinajstić information content (AvgIpc) is 2.79. The molecule has 2 aromatic carbocycles. The Bertz CT molecular complexity index is 1030. The fourth-order valence-electron chi connectivity index (χ4n) is 5.14. The molecule has 1 aliphatic heterocycles. The molecule has 0 radical (unpaired) electrons. The number of rotatable bonds is 9. The van der Waals surface area contributed by atoms with Gasteiger partial charge in [0, 0.05) is 22.4 Å². The molecule has 0 aliphatic carbocycles. The Morgan fingerprint density at radius 2 is 1.88 bits per heavy atom. The number of carbonyl (C=O) groups is 1. The Labute approximate surface area is 208 Å². The van der Waals surface area contributed by atoms with Gasteiger partial charge in [0.05, 0.1) is 12.2 Å². The molecule has 0 unspecified atom stereocenters. The molecular formula is C29H37ClO4. The maximum Gasteiger partial charge on any atom is 0.341 e. The fourth-order valence-corrected chi connectivity index (χ4v) is 5.26. The van der Waals surface area contributed by atoms with Crippen LogP contribution in [0.3, 0.4) is 0 Å². The third-order valence-corrected chi connectivity index (χ3v) is 7.33. The van der Waals surface area contributed by atoms with Crippen LogP contribution in [0.25, 0.3) is 0 Å². The van der Waals surface area contributed by atoms with Gasteiger partial charge in [0.15, 0.2) is 6.61 Å². The minimum atomic E-state index is -0.992. The van der Waals surface area contributed by atoms with Gasteiger partial charge in [-0.25, -0.2) is 4.79 Å². The molecule has 5 heteroatoms. The number of aryl methyl sites for hydroxylation is 2. The van der Waals surface area contributed by atoms with Crippen LogP contribution in [0, 0.1) is 26.7 Å². The van der Waals surface area contributed by atoms with E-state index in [1.54, 1.807) is 0 Å². The van der Waals surface area contributed by atoms with Crippen LogP contribution >= 0.6 is 11.6 Å². The second-order valence-electron chi connectivity index (χ2n) is 9.64. The molecule has 3 rings (SSSR count). The molecule has 184 valence electrons. The van der Waals surface area contributed by atoms with Gasteiger partial charge in [-0.3, -0.25) is 0 Å². The van der Waals surface area contributed by atoms with Crippen LogP contribution < -0.4 is 4.74 Å². The number of aliphatic carboxylic acids is 1. The Kier molecular flexibility index (Phi) is 8.83. The molecule has 0 saturated carbocycles. The summed E-state index contributed by atoms with van der Waals surface area (Å²) in [6, 6.07) is 10.2. The number of unbranched alkanes of at least 4 members (excludes halogenated alkanes) is 1. The quantitative estimate of drug-likeness (QED) is 0.370. The number of benzene rings is 2. The summed E-state index contributed by atoms with van der Waals surface area (Å²) in [5.41, 5.74) is 6.32. The highest BCUT2D eigenvalue weighted by atomic mass is 35.5. The van der Waals surface area contributed by atoms with E-state index in [2.05, 4.69) is 45.5 Å². The molecule has 34 heavy (non-hydrogen) atoms. The van der Waals surface area contributed by atoms with Crippen molar-refractivity contribution in [2.24, 2.45) is 5.92 Å². The van der Waals surface area contributed by atoms with Crippen LogP contribution in [0.4, 0.5) is 0 Å². The van der Waals surface area contributed by atoms with E-state index in [1.165, 1.54) is 5.56 Å². The third-order valence-electron chi connectivity index (χ3n) is 7.08. The molecule has 1 N–H and O–H groups in total. The zero-order valence-corrected chi connectivity index (χ0v) is 21.7. The first kappa shape index (κ1) is 26.3. The smallest absolute Gasteiger partial charge is 0.341 e. The van der Waals surface area contributed by atoms with Crippen molar-refractivity contribution < 1.29 is 19.4 Å². The minimum absolute atomic E-state index is 0.0371. The average molecular weight is 485 g/mol. The highest BCUT2D eigenvalue weighted by Gasteiger charge is 2.41. The summed E-state index contributed by atoms with van der Waals surface area (Å²) in [5, 5.41) is 10.0. The monoisotopic (exact) mass is 484 g/mol. The number of carboxylic acids is 1. The lowest BCUT2D eigenvalue weighted by atomic mass is 9.73. The Morgan fingerprint density at radius 3 is 2.47 bits per heavy atom. The van der Waals surface area contributed by atoms with Crippen LogP contribution in [0.2, 0.25) is 5.02 Å². The lowest BCUT2D eigenvalue weighted by molar-refractivity contribution is -0.139. The third kappa shape index (κ3) is 5.84. The molecule has 0 aromatic heterocycles. The van der Waals surface area contributed by atoms with Gasteiger partial charge in [-0.05, 0) is 74.9 Å². The first-order chi connectivity index (χ1) is 16.1. The Morgan fingerprint density at radius 1 is 1.21 bits per heavy atom. The number of carboxylic acid groups (broad SMARTS) is 1. The topological polar surface area (TPSA) is 55.8 Å². The molecule has 1 heterocycles. The predicted molar refractivity (Wildman–Crippen MR) is 138 cm³/mol. The van der Waals surface area contributed by atoms with E-state index >= 15 is 0 Å². The summed E-state index contributed by atoms with van der Waals surface area (Å²) in [6.45, 7) is 14.3. The van der Waals surface area contributed by atoms with E-state index in [-0.39, 0.29) is 30.7 Å². The van der Waals surface area contributed by atoms with Gasteiger partial charge in [0.25, 0.3) is 0 Å². The molecule has 1 aliphatic rings. The molecule has 2 aromatic rings. The van der Waals surface area contributed by atoms with E-state index in [0.29, 0.717) is 5.75 Å². The van der Waals surface area contributed by atoms with Crippen molar-refractivity contribution in [3.8, 4) is 5.75 Å². The summed E-state index contributed by atoms with van der Waals surface area (Å²) in [4.78, 5) is 11.3. The van der Waals surface area contributed by atoms with Crippen molar-refractivity contribution in [2.75, 3.05) is 6.61 Å². The second kappa shape index (κ2) is 11.4. The number of hydrogen-bond donors (Lipinski definition) is 1. The van der Waals surface area contributed by atoms with E-state index in [1.807, 2.05) is 26.0 Å². The van der Waals surface area contributed by atoms with Crippen LogP contribution in [0.15, 0.2) is 42.5 Å². The fraction of sp³-hybridized carbons (Fsp3) is 0.483. The van der Waals surface area contributed by atoms with E-state index < -0.39 is 5.97 Å². The highest BCUT2D eigenvalue weighted by molar-refractivity contribution is 6.30. The maximum atomic E-state index is 11.3. The summed E-state index contributed by atoms with van der Waals surface area (Å²) in [7, 11) is 0. The van der Waals surface area contributed by atoms with Crippen LogP contribution in [-0.4, -0.2) is 23.8 Å². The van der Waals surface area contributed by atoms with Crippen molar-refractivity contribution in [1.82, 2.24) is 0 Å². The van der Waals surface area contributed by atoms with Crippen LogP contribution in [-0.2, 0) is 9.53 Å². The molecule has 0 amide bonds. The first-order valence-electron chi connectivity index (χ1n) is 12.2. The number of ether oxygens (including phenoxy) is 2. The number of hydrogen-bond acceptors (Lipinski definition) is 3. The van der Waals surface area contributed by atoms with Crippen molar-refractivity contribution >= 4 is 17.6 Å². The van der Waals surface area contributed by atoms with Crippen molar-refractivity contribution in [3.05, 3.63) is 75.3 Å². The van der Waals surface area contributed by atoms with Crippen LogP contribution in [0.5, 0.6) is 5.75 Å². The molecule has 1 saturated heterocycles. The second-order valence-corrected chi connectivity index (χ2v) is 10.1. The van der Waals surface area contributed by atoms with Gasteiger partial charge in [0.1, 0.15) is 5.75 Å². The van der Waals surface area contributed by atoms with Gasteiger partial charge >= 0.3 is 5.97 Å². The summed E-state index contributed by atoms with van der Waals surface area (Å²) in [6.07, 6.45) is 3.82. The summed E-state index contributed by atoms with van der Waals surface area (Å²) >= 11 is 6.17. The summed E-state index contributed by atoms with van der Waals surface area (Å²) < 4.78 is 12.8. The Hall–Kier alpha value is -2.30. The molecular weight excluding hydrogens is 448 g/mol. The maximum absolute atomic E-state index is 11.3.